The van der Waals surface area contributed by atoms with Crippen LogP contribution < -0.4 is 0 Å². The lowest BCUT2D eigenvalue weighted by Gasteiger charge is -2.27. The Morgan fingerprint density at radius 2 is 1.79 bits per heavy atom. The highest BCUT2D eigenvalue weighted by molar-refractivity contribution is 6.34. The van der Waals surface area contributed by atoms with E-state index in [0.717, 1.165) is 0 Å². The van der Waals surface area contributed by atoms with Crippen LogP contribution in [0, 0.1) is 6.92 Å². The molecule has 9 nitrogen and oxygen atoms in total. The normalized spacial score (nSPS) is 34.5. The van der Waals surface area contributed by atoms with Crippen molar-refractivity contribution in [2.24, 2.45) is 0 Å². The number of aromatic nitrogens is 3. The minimum atomic E-state index is -1.68. The van der Waals surface area contributed by atoms with Crippen molar-refractivity contribution in [2.45, 2.75) is 43.7 Å². The van der Waals surface area contributed by atoms with Gasteiger partial charge in [0.15, 0.2) is 6.23 Å². The van der Waals surface area contributed by atoms with Crippen LogP contribution in [0.4, 0.5) is 0 Å². The van der Waals surface area contributed by atoms with Crippen LogP contribution in [0.5, 0.6) is 0 Å². The monoisotopic (exact) mass is 359 g/mol. The summed E-state index contributed by atoms with van der Waals surface area (Å²) in [6, 6.07) is 0. The molecule has 3 heterocycles. The first-order chi connectivity index (χ1) is 11.4. The largest absolute Gasteiger partial charge is 0.394 e. The predicted octanol–water partition coefficient (Wildman–Crippen LogP) is -1.27. The maximum absolute atomic E-state index is 10.4. The number of rotatable bonds is 2. The van der Waals surface area contributed by atoms with E-state index in [-0.39, 0.29) is 5.15 Å². The summed E-state index contributed by atoms with van der Waals surface area (Å²) in [7, 11) is 0. The molecule has 132 valence electrons. The molecule has 1 saturated heterocycles. The summed E-state index contributed by atoms with van der Waals surface area (Å²) >= 11 is 6.08. The van der Waals surface area contributed by atoms with Crippen LogP contribution in [0.1, 0.15) is 11.8 Å². The summed E-state index contributed by atoms with van der Waals surface area (Å²) in [5, 5.41) is 50.5. The van der Waals surface area contributed by atoms with Crippen molar-refractivity contribution in [3.8, 4) is 0 Å². The molecule has 0 aliphatic carbocycles. The fourth-order valence-electron chi connectivity index (χ4n) is 2.93. The standard InChI is InChI=1S/C14H18ClN3O6/c1-5-2-18(13-7(5)12(15)16-4-17-13)14-11(23)10(22)9(21)8(20)6(3-19)24-14/h2,4,6,8-11,14,19-23H,3H2,1H3/t6?,8-,9+,10?,11?,14-/m1/s1. The van der Waals surface area contributed by atoms with Gasteiger partial charge >= 0.3 is 0 Å². The lowest BCUT2D eigenvalue weighted by atomic mass is 10.0. The highest BCUT2D eigenvalue weighted by Gasteiger charge is 2.45. The topological polar surface area (TPSA) is 141 Å². The summed E-state index contributed by atoms with van der Waals surface area (Å²) < 4.78 is 6.99. The lowest BCUT2D eigenvalue weighted by molar-refractivity contribution is -0.149. The molecule has 10 heteroatoms. The van der Waals surface area contributed by atoms with Gasteiger partial charge in [-0.3, -0.25) is 0 Å². The smallest absolute Gasteiger partial charge is 0.164 e. The van der Waals surface area contributed by atoms with Gasteiger partial charge in [-0.15, -0.1) is 0 Å². The average molecular weight is 360 g/mol. The number of hydrogen-bond acceptors (Lipinski definition) is 8. The van der Waals surface area contributed by atoms with Gasteiger partial charge in [0.2, 0.25) is 0 Å². The summed E-state index contributed by atoms with van der Waals surface area (Å²) in [6.45, 7) is 1.16. The molecule has 6 atom stereocenters. The van der Waals surface area contributed by atoms with Gasteiger partial charge in [0.05, 0.1) is 12.0 Å². The van der Waals surface area contributed by atoms with Crippen LogP contribution in [-0.4, -0.2) is 77.2 Å². The van der Waals surface area contributed by atoms with E-state index in [9.17, 15) is 25.5 Å². The molecule has 0 aromatic carbocycles. The minimum Gasteiger partial charge on any atom is -0.394 e. The van der Waals surface area contributed by atoms with Crippen LogP contribution >= 0.6 is 11.6 Å². The number of aliphatic hydroxyl groups excluding tert-OH is 5. The van der Waals surface area contributed by atoms with E-state index in [0.29, 0.717) is 16.6 Å². The van der Waals surface area contributed by atoms with E-state index >= 15 is 0 Å². The Hall–Kier alpha value is -1.33. The van der Waals surface area contributed by atoms with Crippen LogP contribution in [0.3, 0.4) is 0 Å². The summed E-state index contributed by atoms with van der Waals surface area (Å²) in [4.78, 5) is 8.03. The molecule has 0 spiro atoms. The molecular formula is C14H18ClN3O6. The van der Waals surface area contributed by atoms with Crippen LogP contribution in [0.25, 0.3) is 11.0 Å². The lowest BCUT2D eigenvalue weighted by Crippen LogP contribution is -2.47. The zero-order chi connectivity index (χ0) is 17.6. The Balaban J connectivity index is 2.12. The van der Waals surface area contributed by atoms with Gasteiger partial charge in [0.1, 0.15) is 47.6 Å². The van der Waals surface area contributed by atoms with E-state index < -0.39 is 43.4 Å². The number of halogens is 1. The van der Waals surface area contributed by atoms with Crippen LogP contribution in [-0.2, 0) is 4.74 Å². The molecule has 1 aliphatic rings. The molecule has 2 aromatic heterocycles. The van der Waals surface area contributed by atoms with Gasteiger partial charge in [0.25, 0.3) is 0 Å². The zero-order valence-electron chi connectivity index (χ0n) is 12.7. The molecule has 3 rings (SSSR count). The second-order valence-electron chi connectivity index (χ2n) is 5.79. The van der Waals surface area contributed by atoms with Gasteiger partial charge < -0.3 is 34.8 Å². The van der Waals surface area contributed by atoms with Gasteiger partial charge in [-0.25, -0.2) is 9.97 Å². The highest BCUT2D eigenvalue weighted by atomic mass is 35.5. The Morgan fingerprint density at radius 1 is 1.12 bits per heavy atom. The fraction of sp³-hybridized carbons (Fsp3) is 0.571. The molecule has 1 fully saturated rings. The first-order valence-electron chi connectivity index (χ1n) is 7.33. The molecule has 0 bridgehead atoms. The first-order valence-corrected chi connectivity index (χ1v) is 7.70. The number of aliphatic hydroxyl groups is 5. The minimum absolute atomic E-state index is 0.221. The summed E-state index contributed by atoms with van der Waals surface area (Å²) in [5.41, 5.74) is 1.07. The van der Waals surface area contributed by atoms with E-state index in [2.05, 4.69) is 9.97 Å². The van der Waals surface area contributed by atoms with E-state index in [1.807, 2.05) is 0 Å². The Morgan fingerprint density at radius 3 is 2.46 bits per heavy atom. The van der Waals surface area contributed by atoms with Crippen LogP contribution in [0.2, 0.25) is 5.15 Å². The molecule has 3 unspecified atom stereocenters. The van der Waals surface area contributed by atoms with Gasteiger partial charge in [0, 0.05) is 6.20 Å². The third kappa shape index (κ3) is 2.68. The molecular weight excluding hydrogens is 342 g/mol. The number of hydrogen-bond donors (Lipinski definition) is 5. The first kappa shape index (κ1) is 17.5. The second kappa shape index (κ2) is 6.52. The van der Waals surface area contributed by atoms with Gasteiger partial charge in [-0.2, -0.15) is 0 Å². The van der Waals surface area contributed by atoms with Gasteiger partial charge in [-0.05, 0) is 12.5 Å². The molecule has 2 aromatic rings. The van der Waals surface area contributed by atoms with Crippen LogP contribution in [0.15, 0.2) is 12.5 Å². The number of fused-ring (bicyclic) bond motifs is 1. The van der Waals surface area contributed by atoms with Crippen molar-refractivity contribution in [1.29, 1.82) is 0 Å². The van der Waals surface area contributed by atoms with Crippen molar-refractivity contribution >= 4 is 22.6 Å². The SMILES string of the molecule is Cc1cn([C@@H]2OC(CO)[C@@H](O)[C@H](O)C(O)C2O)c2ncnc(Cl)c12. The number of nitrogens with zero attached hydrogens (tertiary/aromatic N) is 3. The third-order valence-corrected chi connectivity index (χ3v) is 4.53. The maximum Gasteiger partial charge on any atom is 0.164 e. The molecule has 1 aliphatic heterocycles. The van der Waals surface area contributed by atoms with E-state index in [1.54, 1.807) is 13.1 Å². The van der Waals surface area contributed by atoms with Crippen molar-refractivity contribution in [2.75, 3.05) is 6.61 Å². The number of aryl methyl sites for hydroxylation is 1. The molecule has 0 amide bonds. The summed E-state index contributed by atoms with van der Waals surface area (Å²) in [6.07, 6.45) is -6.06. The molecule has 0 saturated carbocycles. The highest BCUT2D eigenvalue weighted by Crippen LogP contribution is 2.33. The zero-order valence-corrected chi connectivity index (χ0v) is 13.4. The Labute approximate surface area is 141 Å². The summed E-state index contributed by atoms with van der Waals surface area (Å²) in [5.74, 6) is 0. The van der Waals surface area contributed by atoms with Crippen molar-refractivity contribution in [3.05, 3.63) is 23.2 Å². The van der Waals surface area contributed by atoms with Crippen molar-refractivity contribution in [3.63, 3.8) is 0 Å². The average Bonchev–Trinajstić information content (AvgIpc) is 2.88. The van der Waals surface area contributed by atoms with Crippen molar-refractivity contribution < 1.29 is 30.3 Å². The number of ether oxygens (including phenoxy) is 1. The Kier molecular flexibility index (Phi) is 4.76. The molecule has 24 heavy (non-hydrogen) atoms. The molecule has 0 radical (unpaired) electrons. The second-order valence-corrected chi connectivity index (χ2v) is 6.15. The third-order valence-electron chi connectivity index (χ3n) is 4.24. The Bertz CT molecular complexity index is 739. The van der Waals surface area contributed by atoms with Crippen molar-refractivity contribution in [1.82, 2.24) is 14.5 Å². The fourth-order valence-corrected chi connectivity index (χ4v) is 3.21. The molecule has 5 N–H and O–H groups in total. The quantitative estimate of drug-likeness (QED) is 0.418. The van der Waals surface area contributed by atoms with E-state index in [1.165, 1.54) is 10.9 Å². The van der Waals surface area contributed by atoms with Gasteiger partial charge in [-0.1, -0.05) is 11.6 Å². The van der Waals surface area contributed by atoms with E-state index in [4.69, 9.17) is 16.3 Å². The maximum atomic E-state index is 10.4. The predicted molar refractivity (Wildman–Crippen MR) is 82.3 cm³/mol.